The smallest absolute Gasteiger partial charge is 0.404 e. The molecule has 3 aromatic rings. The highest BCUT2D eigenvalue weighted by atomic mass is 127. The van der Waals surface area contributed by atoms with Crippen molar-refractivity contribution in [2.45, 2.75) is 38.1 Å². The summed E-state index contributed by atoms with van der Waals surface area (Å²) in [6.07, 6.45) is 4.47. The highest BCUT2D eigenvalue weighted by molar-refractivity contribution is 14.1. The van der Waals surface area contributed by atoms with Gasteiger partial charge in [-0.3, -0.25) is 9.78 Å². The third-order valence-corrected chi connectivity index (χ3v) is 6.26. The Morgan fingerprint density at radius 2 is 2.00 bits per heavy atom. The zero-order valence-electron chi connectivity index (χ0n) is 17.2. The second-order valence-corrected chi connectivity index (χ2v) is 9.20. The van der Waals surface area contributed by atoms with E-state index in [0.717, 1.165) is 18.4 Å². The summed E-state index contributed by atoms with van der Waals surface area (Å²) in [6, 6.07) is 5.87. The van der Waals surface area contributed by atoms with Crippen LogP contribution in [-0.2, 0) is 0 Å². The number of carbonyl (C=O) groups excluding carboxylic acids is 1. The van der Waals surface area contributed by atoms with E-state index in [1.54, 1.807) is 18.5 Å². The normalized spacial score (nSPS) is 20.7. The third-order valence-electron chi connectivity index (χ3n) is 5.73. The van der Waals surface area contributed by atoms with E-state index in [0.29, 0.717) is 21.7 Å². The lowest BCUT2D eigenvalue weighted by Gasteiger charge is -2.34. The van der Waals surface area contributed by atoms with Gasteiger partial charge in [0.1, 0.15) is 15.0 Å². The average molecular weight is 549 g/mol. The summed E-state index contributed by atoms with van der Waals surface area (Å²) in [7, 11) is 0. The van der Waals surface area contributed by atoms with E-state index >= 15 is 0 Å². The van der Waals surface area contributed by atoms with E-state index in [2.05, 4.69) is 32.7 Å². The van der Waals surface area contributed by atoms with Crippen LogP contribution in [0.1, 0.15) is 48.0 Å². The van der Waals surface area contributed by atoms with Crippen LogP contribution < -0.4 is 10.6 Å². The van der Waals surface area contributed by atoms with Crippen LogP contribution in [0.4, 0.5) is 14.9 Å². The standard InChI is InChI=1S/C22H21FIN5O3/c1-11-6-12(8-13(7-11)26-22(31)32)14-4-5-25-10-18(14)27-21(30)15-2-3-17(23)16-9-19(24)28-29-20(15)16/h2-5,9-13,26H,6-8H2,1H3,(H,27,30)(H,31,32)/t11-,12+,13-/m0/s1. The molecule has 0 unspecified atom stereocenters. The van der Waals surface area contributed by atoms with Gasteiger partial charge < -0.3 is 15.7 Å². The van der Waals surface area contributed by atoms with Gasteiger partial charge in [-0.1, -0.05) is 6.92 Å². The fourth-order valence-corrected chi connectivity index (χ4v) is 4.88. The third kappa shape index (κ3) is 4.79. The zero-order valence-corrected chi connectivity index (χ0v) is 19.3. The number of pyridine rings is 1. The number of amides is 2. The monoisotopic (exact) mass is 549 g/mol. The summed E-state index contributed by atoms with van der Waals surface area (Å²) in [5.41, 5.74) is 1.83. The molecule has 166 valence electrons. The molecule has 2 amide bonds. The fraction of sp³-hybridized carbons (Fsp3) is 0.318. The Balaban J connectivity index is 1.63. The molecule has 1 aliphatic rings. The van der Waals surface area contributed by atoms with E-state index in [1.807, 2.05) is 28.7 Å². The van der Waals surface area contributed by atoms with Gasteiger partial charge in [-0.05, 0) is 83.5 Å². The second kappa shape index (κ2) is 9.31. The molecule has 0 saturated heterocycles. The second-order valence-electron chi connectivity index (χ2n) is 8.10. The van der Waals surface area contributed by atoms with Crippen molar-refractivity contribution in [1.82, 2.24) is 20.5 Å². The number of nitrogens with one attached hydrogen (secondary N) is 2. The number of nitrogens with zero attached hydrogens (tertiary/aromatic N) is 3. The lowest BCUT2D eigenvalue weighted by atomic mass is 9.76. The Hall–Kier alpha value is -2.89. The molecule has 2 heterocycles. The number of hydrogen-bond donors (Lipinski definition) is 3. The number of fused-ring (bicyclic) bond motifs is 1. The van der Waals surface area contributed by atoms with Crippen LogP contribution in [0.15, 0.2) is 36.7 Å². The molecule has 0 radical (unpaired) electrons. The molecule has 32 heavy (non-hydrogen) atoms. The highest BCUT2D eigenvalue weighted by Crippen LogP contribution is 2.39. The van der Waals surface area contributed by atoms with E-state index in [9.17, 15) is 14.0 Å². The Bertz CT molecular complexity index is 1190. The minimum Gasteiger partial charge on any atom is -0.465 e. The predicted molar refractivity (Wildman–Crippen MR) is 125 cm³/mol. The van der Waals surface area contributed by atoms with Crippen molar-refractivity contribution < 1.29 is 19.1 Å². The number of anilines is 1. The number of hydrogen-bond acceptors (Lipinski definition) is 5. The Kier molecular flexibility index (Phi) is 6.49. The Morgan fingerprint density at radius 1 is 1.19 bits per heavy atom. The van der Waals surface area contributed by atoms with Gasteiger partial charge in [-0.25, -0.2) is 9.18 Å². The lowest BCUT2D eigenvalue weighted by Crippen LogP contribution is -2.39. The number of aromatic nitrogens is 3. The van der Waals surface area contributed by atoms with Crippen molar-refractivity contribution in [2.24, 2.45) is 5.92 Å². The van der Waals surface area contributed by atoms with E-state index < -0.39 is 17.8 Å². The fourth-order valence-electron chi connectivity index (χ4n) is 4.46. The van der Waals surface area contributed by atoms with Gasteiger partial charge in [0.25, 0.3) is 5.91 Å². The first kappa shape index (κ1) is 22.3. The first-order valence-corrected chi connectivity index (χ1v) is 11.3. The van der Waals surface area contributed by atoms with Crippen LogP contribution in [-0.4, -0.2) is 38.3 Å². The Morgan fingerprint density at radius 3 is 2.78 bits per heavy atom. The largest absolute Gasteiger partial charge is 0.465 e. The summed E-state index contributed by atoms with van der Waals surface area (Å²) in [6.45, 7) is 2.09. The van der Waals surface area contributed by atoms with Crippen molar-refractivity contribution in [1.29, 1.82) is 0 Å². The molecule has 2 aromatic heterocycles. The maximum atomic E-state index is 14.2. The summed E-state index contributed by atoms with van der Waals surface area (Å²) < 4.78 is 14.8. The molecule has 0 spiro atoms. The van der Waals surface area contributed by atoms with Crippen molar-refractivity contribution in [3.63, 3.8) is 0 Å². The van der Waals surface area contributed by atoms with Crippen LogP contribution in [0.25, 0.3) is 10.9 Å². The number of carbonyl (C=O) groups is 2. The predicted octanol–water partition coefficient (Wildman–Crippen LogP) is 4.56. The topological polar surface area (TPSA) is 117 Å². The number of benzene rings is 1. The maximum absolute atomic E-state index is 14.2. The molecule has 4 rings (SSSR count). The van der Waals surface area contributed by atoms with Crippen molar-refractivity contribution >= 4 is 51.2 Å². The van der Waals surface area contributed by atoms with Crippen LogP contribution in [0, 0.1) is 15.4 Å². The Labute approximate surface area is 197 Å². The van der Waals surface area contributed by atoms with Gasteiger partial charge in [0, 0.05) is 17.6 Å². The minimum atomic E-state index is -1.04. The van der Waals surface area contributed by atoms with Crippen molar-refractivity contribution in [2.75, 3.05) is 5.32 Å². The zero-order chi connectivity index (χ0) is 22.8. The maximum Gasteiger partial charge on any atom is 0.404 e. The van der Waals surface area contributed by atoms with Crippen LogP contribution >= 0.6 is 22.6 Å². The molecule has 1 aromatic carbocycles. The first-order chi connectivity index (χ1) is 15.3. The van der Waals surface area contributed by atoms with E-state index in [1.165, 1.54) is 12.1 Å². The molecule has 1 aliphatic carbocycles. The average Bonchev–Trinajstić information content (AvgIpc) is 2.73. The number of halogens is 2. The number of carboxylic acid groups (broad SMARTS) is 1. The van der Waals surface area contributed by atoms with Crippen LogP contribution in [0.3, 0.4) is 0 Å². The molecule has 0 aliphatic heterocycles. The van der Waals surface area contributed by atoms with Crippen molar-refractivity contribution in [3.8, 4) is 0 Å². The minimum absolute atomic E-state index is 0.0558. The molecule has 0 bridgehead atoms. The molecule has 3 N–H and O–H groups in total. The summed E-state index contributed by atoms with van der Waals surface area (Å²) >= 11 is 1.94. The van der Waals surface area contributed by atoms with Crippen molar-refractivity contribution in [3.05, 3.63) is 57.3 Å². The molecular formula is C22H21FIN5O3. The van der Waals surface area contributed by atoms with Gasteiger partial charge in [0.05, 0.1) is 17.4 Å². The van der Waals surface area contributed by atoms with Gasteiger partial charge in [0.2, 0.25) is 0 Å². The quantitative estimate of drug-likeness (QED) is 0.411. The van der Waals surface area contributed by atoms with Gasteiger partial charge in [-0.2, -0.15) is 0 Å². The van der Waals surface area contributed by atoms with E-state index in [-0.39, 0.29) is 28.4 Å². The van der Waals surface area contributed by atoms with E-state index in [4.69, 9.17) is 5.11 Å². The molecular weight excluding hydrogens is 528 g/mol. The number of rotatable bonds is 4. The molecule has 1 saturated carbocycles. The van der Waals surface area contributed by atoms with Crippen LogP contribution in [0.5, 0.6) is 0 Å². The molecule has 3 atom stereocenters. The van der Waals surface area contributed by atoms with Gasteiger partial charge in [-0.15, -0.1) is 10.2 Å². The summed E-state index contributed by atoms with van der Waals surface area (Å²) in [5.74, 6) is -0.537. The van der Waals surface area contributed by atoms with Gasteiger partial charge >= 0.3 is 6.09 Å². The lowest BCUT2D eigenvalue weighted by molar-refractivity contribution is 0.102. The summed E-state index contributed by atoms with van der Waals surface area (Å²) in [4.78, 5) is 28.4. The van der Waals surface area contributed by atoms with Crippen LogP contribution in [0.2, 0.25) is 0 Å². The highest BCUT2D eigenvalue weighted by Gasteiger charge is 2.30. The summed E-state index contributed by atoms with van der Waals surface area (Å²) in [5, 5.41) is 22.8. The molecule has 1 fully saturated rings. The van der Waals surface area contributed by atoms with Gasteiger partial charge in [0.15, 0.2) is 0 Å². The first-order valence-electron chi connectivity index (χ1n) is 10.2. The molecule has 10 heteroatoms. The molecule has 8 nitrogen and oxygen atoms in total. The SMILES string of the molecule is C[C@@H]1C[C@H](NC(=O)O)C[C@H](c2ccncc2NC(=O)c2ccc(F)c3cc(I)nnc23)C1.